The van der Waals surface area contributed by atoms with Gasteiger partial charge in [0.1, 0.15) is 3.82 Å². The minimum Gasteiger partial charge on any atom is -0.297 e. The Bertz CT molecular complexity index is 1330. The van der Waals surface area contributed by atoms with Crippen molar-refractivity contribution in [3.63, 3.8) is 0 Å². The standard InChI is InChI=1S/C23H24N2O3S4/c1-5-24(6-2)32(27,28)16-13-11-15(12-14-16)21(26)25-18-10-8-7-9-17(18)19-20(23(25,3)4)30-31-22(19)29/h7-14H,5-6H2,1-4H3. The van der Waals surface area contributed by atoms with Gasteiger partial charge in [0.25, 0.3) is 5.91 Å². The monoisotopic (exact) mass is 504 g/mol. The molecule has 0 saturated heterocycles. The summed E-state index contributed by atoms with van der Waals surface area (Å²) in [6, 6.07) is 14.0. The van der Waals surface area contributed by atoms with Gasteiger partial charge in [0.05, 0.1) is 21.0 Å². The Morgan fingerprint density at radius 2 is 1.66 bits per heavy atom. The van der Waals surface area contributed by atoms with Crippen molar-refractivity contribution in [2.75, 3.05) is 18.0 Å². The van der Waals surface area contributed by atoms with Crippen molar-refractivity contribution in [1.82, 2.24) is 4.31 Å². The molecular formula is C23H24N2O3S4. The van der Waals surface area contributed by atoms with Crippen molar-refractivity contribution < 1.29 is 13.2 Å². The first kappa shape index (κ1) is 23.3. The normalized spacial score (nSPS) is 14.8. The van der Waals surface area contributed by atoms with Gasteiger partial charge in [0, 0.05) is 29.8 Å². The Balaban J connectivity index is 1.78. The first-order valence-corrected chi connectivity index (χ1v) is 14.3. The molecule has 4 rings (SSSR count). The molecule has 2 aromatic carbocycles. The van der Waals surface area contributed by atoms with Crippen LogP contribution in [0.25, 0.3) is 11.1 Å². The Labute approximate surface area is 201 Å². The number of rotatable bonds is 5. The molecule has 0 aliphatic carbocycles. The van der Waals surface area contributed by atoms with Crippen molar-refractivity contribution in [2.24, 2.45) is 0 Å². The highest BCUT2D eigenvalue weighted by atomic mass is 32.9. The molecule has 1 aliphatic heterocycles. The molecule has 5 nitrogen and oxygen atoms in total. The average molecular weight is 505 g/mol. The summed E-state index contributed by atoms with van der Waals surface area (Å²) < 4.78 is 27.9. The summed E-state index contributed by atoms with van der Waals surface area (Å²) in [5.74, 6) is -0.177. The Hall–Kier alpha value is -1.91. The SMILES string of the molecule is CCN(CC)S(=O)(=O)c1ccc(C(=O)N2c3ccccc3-c3c(ssc3=S)C2(C)C)cc1. The fraction of sp³-hybridized carbons (Fsp3) is 0.304. The molecule has 0 bridgehead atoms. The Kier molecular flexibility index (Phi) is 6.15. The number of carbonyl (C=O) groups is 1. The zero-order valence-corrected chi connectivity index (χ0v) is 21.6. The smallest absolute Gasteiger partial charge is 0.259 e. The van der Waals surface area contributed by atoms with Gasteiger partial charge >= 0.3 is 0 Å². The highest BCUT2D eigenvalue weighted by Gasteiger charge is 2.43. The van der Waals surface area contributed by atoms with Crippen LogP contribution in [-0.2, 0) is 15.6 Å². The van der Waals surface area contributed by atoms with E-state index in [1.807, 2.05) is 52.0 Å². The summed E-state index contributed by atoms with van der Waals surface area (Å²) in [6.07, 6.45) is 0. The van der Waals surface area contributed by atoms with Gasteiger partial charge in [-0.1, -0.05) is 64.9 Å². The van der Waals surface area contributed by atoms with E-state index in [2.05, 4.69) is 0 Å². The maximum atomic E-state index is 13.7. The lowest BCUT2D eigenvalue weighted by molar-refractivity contribution is 0.0961. The second-order valence-electron chi connectivity index (χ2n) is 7.99. The molecule has 1 amide bonds. The van der Waals surface area contributed by atoms with Gasteiger partial charge in [-0.15, -0.1) is 0 Å². The fourth-order valence-corrected chi connectivity index (χ4v) is 8.89. The molecule has 32 heavy (non-hydrogen) atoms. The summed E-state index contributed by atoms with van der Waals surface area (Å²) in [5.41, 5.74) is 2.66. The minimum absolute atomic E-state index is 0.177. The summed E-state index contributed by atoms with van der Waals surface area (Å²) >= 11 is 5.60. The molecule has 0 fully saturated rings. The molecule has 0 spiro atoms. The van der Waals surface area contributed by atoms with E-state index in [1.54, 1.807) is 37.7 Å². The minimum atomic E-state index is -3.58. The summed E-state index contributed by atoms with van der Waals surface area (Å²) in [5, 5.41) is 0. The van der Waals surface area contributed by atoms with Crippen LogP contribution in [0.15, 0.2) is 53.4 Å². The Morgan fingerprint density at radius 3 is 2.28 bits per heavy atom. The predicted octanol–water partition coefficient (Wildman–Crippen LogP) is 6.13. The van der Waals surface area contributed by atoms with Crippen molar-refractivity contribution in [2.45, 2.75) is 38.1 Å². The largest absolute Gasteiger partial charge is 0.297 e. The first-order chi connectivity index (χ1) is 15.1. The van der Waals surface area contributed by atoms with Crippen LogP contribution < -0.4 is 4.90 Å². The van der Waals surface area contributed by atoms with Crippen LogP contribution in [0, 0.1) is 3.82 Å². The van der Waals surface area contributed by atoms with Crippen LogP contribution in [0.5, 0.6) is 0 Å². The lowest BCUT2D eigenvalue weighted by atomic mass is 9.87. The van der Waals surface area contributed by atoms with E-state index in [0.29, 0.717) is 18.7 Å². The number of para-hydroxylation sites is 1. The zero-order chi connectivity index (χ0) is 23.3. The van der Waals surface area contributed by atoms with E-state index in [4.69, 9.17) is 12.2 Å². The molecular weight excluding hydrogens is 481 g/mol. The van der Waals surface area contributed by atoms with Gasteiger partial charge in [-0.3, -0.25) is 9.69 Å². The summed E-state index contributed by atoms with van der Waals surface area (Å²) in [6.45, 7) is 8.46. The average Bonchev–Trinajstić information content (AvgIpc) is 3.17. The van der Waals surface area contributed by atoms with E-state index < -0.39 is 15.6 Å². The molecule has 3 aromatic rings. The molecule has 0 unspecified atom stereocenters. The van der Waals surface area contributed by atoms with Crippen LogP contribution in [-0.4, -0.2) is 31.7 Å². The Morgan fingerprint density at radius 1 is 1.03 bits per heavy atom. The predicted molar refractivity (Wildman–Crippen MR) is 135 cm³/mol. The number of hydrogen-bond donors (Lipinski definition) is 0. The molecule has 1 aromatic heterocycles. The third-order valence-electron chi connectivity index (χ3n) is 5.81. The van der Waals surface area contributed by atoms with E-state index in [-0.39, 0.29) is 10.8 Å². The van der Waals surface area contributed by atoms with Crippen LogP contribution >= 0.6 is 32.9 Å². The molecule has 168 valence electrons. The number of sulfonamides is 1. The number of fused-ring (bicyclic) bond motifs is 3. The van der Waals surface area contributed by atoms with Gasteiger partial charge in [-0.05, 0) is 44.2 Å². The summed E-state index contributed by atoms with van der Waals surface area (Å²) in [7, 11) is -0.411. The molecule has 0 N–H and O–H groups in total. The van der Waals surface area contributed by atoms with Crippen molar-refractivity contribution >= 4 is 54.5 Å². The van der Waals surface area contributed by atoms with Gasteiger partial charge < -0.3 is 0 Å². The quantitative estimate of drug-likeness (QED) is 0.310. The second-order valence-corrected chi connectivity index (χ2v) is 12.7. The van der Waals surface area contributed by atoms with Gasteiger partial charge in [-0.25, -0.2) is 8.42 Å². The third-order valence-corrected chi connectivity index (χ3v) is 11.2. The molecule has 1 aliphatic rings. The lowest BCUT2D eigenvalue weighted by Crippen LogP contribution is -2.47. The van der Waals surface area contributed by atoms with Crippen LogP contribution in [0.4, 0.5) is 5.69 Å². The maximum absolute atomic E-state index is 13.7. The molecule has 2 heterocycles. The number of carbonyl (C=O) groups excluding carboxylic acids is 1. The van der Waals surface area contributed by atoms with Gasteiger partial charge in [0.15, 0.2) is 0 Å². The van der Waals surface area contributed by atoms with Crippen LogP contribution in [0.2, 0.25) is 0 Å². The number of nitrogens with zero attached hydrogens (tertiary/aromatic N) is 2. The van der Waals surface area contributed by atoms with E-state index >= 15 is 0 Å². The highest BCUT2D eigenvalue weighted by Crippen LogP contribution is 2.52. The maximum Gasteiger partial charge on any atom is 0.259 e. The van der Waals surface area contributed by atoms with E-state index in [1.165, 1.54) is 16.4 Å². The number of amides is 1. The number of hydrogen-bond acceptors (Lipinski definition) is 6. The second kappa shape index (κ2) is 8.46. The van der Waals surface area contributed by atoms with Crippen LogP contribution in [0.1, 0.15) is 42.9 Å². The molecule has 0 atom stereocenters. The molecule has 0 saturated carbocycles. The van der Waals surface area contributed by atoms with Gasteiger partial charge in [-0.2, -0.15) is 4.31 Å². The zero-order valence-electron chi connectivity index (χ0n) is 18.3. The molecule has 0 radical (unpaired) electrons. The van der Waals surface area contributed by atoms with E-state index in [9.17, 15) is 13.2 Å². The fourth-order valence-electron chi connectivity index (χ4n) is 4.15. The third kappa shape index (κ3) is 3.56. The highest BCUT2D eigenvalue weighted by molar-refractivity contribution is 7.89. The molecule has 9 heteroatoms. The lowest BCUT2D eigenvalue weighted by Gasteiger charge is -2.43. The van der Waals surface area contributed by atoms with Gasteiger partial charge in [0.2, 0.25) is 10.0 Å². The van der Waals surface area contributed by atoms with Crippen molar-refractivity contribution in [3.05, 3.63) is 62.8 Å². The van der Waals surface area contributed by atoms with Crippen LogP contribution in [0.3, 0.4) is 0 Å². The first-order valence-electron chi connectivity index (χ1n) is 10.3. The van der Waals surface area contributed by atoms with E-state index in [0.717, 1.165) is 25.5 Å². The number of anilines is 1. The number of benzene rings is 2. The topological polar surface area (TPSA) is 57.7 Å². The van der Waals surface area contributed by atoms with Crippen molar-refractivity contribution in [1.29, 1.82) is 0 Å². The van der Waals surface area contributed by atoms with Crippen molar-refractivity contribution in [3.8, 4) is 11.1 Å². The summed E-state index contributed by atoms with van der Waals surface area (Å²) in [4.78, 5) is 16.8.